The third-order valence-electron chi connectivity index (χ3n) is 6.80. The number of rotatable bonds is 10. The van der Waals surface area contributed by atoms with Crippen molar-refractivity contribution in [3.8, 4) is 28.3 Å². The standard InChI is InChI=1S/C29H25ClF3N5O5/c1-37-14-17-10-16(4-7-22(17)36-37)11-24(39)23(8-9-41-2)38-15-25(42-3)21(13-26(38)40)20-12-18(30)5-6-19(20)27-34-35-28(43-27)29(31,32)33/h4-7,10,12-15,23H,8-9,11H2,1-3H3. The monoisotopic (exact) mass is 615 g/mol. The molecule has 0 saturated carbocycles. The third-order valence-corrected chi connectivity index (χ3v) is 7.03. The van der Waals surface area contributed by atoms with Crippen molar-refractivity contribution in [3.63, 3.8) is 0 Å². The maximum Gasteiger partial charge on any atom is 0.470 e. The van der Waals surface area contributed by atoms with Crippen LogP contribution < -0.4 is 10.3 Å². The lowest BCUT2D eigenvalue weighted by molar-refractivity contribution is -0.157. The Labute approximate surface area is 247 Å². The van der Waals surface area contributed by atoms with E-state index in [1.807, 2.05) is 31.4 Å². The SMILES string of the molecule is COCCC(C(=O)Cc1ccc2nn(C)cc2c1)n1cc(OC)c(-c2cc(Cl)ccc2-c2nnc(C(F)(F)F)o2)cc1=O. The molecular weight excluding hydrogens is 591 g/mol. The number of aromatic nitrogens is 5. The number of alkyl halides is 3. The van der Waals surface area contributed by atoms with Crippen molar-refractivity contribution in [3.05, 3.63) is 81.7 Å². The van der Waals surface area contributed by atoms with Gasteiger partial charge in [0, 0.05) is 61.0 Å². The fourth-order valence-electron chi connectivity index (χ4n) is 4.83. The number of carbonyl (C=O) groups excluding carboxylic acids is 1. The number of aryl methyl sites for hydroxylation is 1. The van der Waals surface area contributed by atoms with Gasteiger partial charge < -0.3 is 18.5 Å². The number of methoxy groups -OCH3 is 2. The maximum atomic E-state index is 13.6. The molecule has 0 amide bonds. The van der Waals surface area contributed by atoms with Crippen LogP contribution in [-0.2, 0) is 29.2 Å². The number of fused-ring (bicyclic) bond motifs is 1. The summed E-state index contributed by atoms with van der Waals surface area (Å²) in [4.78, 5) is 27.2. The van der Waals surface area contributed by atoms with Crippen LogP contribution in [-0.4, -0.2) is 51.2 Å². The van der Waals surface area contributed by atoms with Gasteiger partial charge in [0.25, 0.3) is 5.56 Å². The first kappa shape index (κ1) is 30.0. The second kappa shape index (κ2) is 12.0. The average Bonchev–Trinajstić information content (AvgIpc) is 3.60. The van der Waals surface area contributed by atoms with Crippen LogP contribution in [0.3, 0.4) is 0 Å². The number of hydrogen-bond donors (Lipinski definition) is 0. The molecule has 0 fully saturated rings. The lowest BCUT2D eigenvalue weighted by Gasteiger charge is -2.21. The van der Waals surface area contributed by atoms with Gasteiger partial charge in [0.1, 0.15) is 5.75 Å². The molecule has 10 nitrogen and oxygen atoms in total. The van der Waals surface area contributed by atoms with E-state index in [0.717, 1.165) is 16.5 Å². The number of hydrogen-bond acceptors (Lipinski definition) is 8. The van der Waals surface area contributed by atoms with Gasteiger partial charge in [-0.05, 0) is 47.9 Å². The summed E-state index contributed by atoms with van der Waals surface area (Å²) in [5, 5.41) is 12.1. The molecule has 0 radical (unpaired) electrons. The predicted molar refractivity (Wildman–Crippen MR) is 151 cm³/mol. The molecule has 43 heavy (non-hydrogen) atoms. The van der Waals surface area contributed by atoms with Gasteiger partial charge in [-0.2, -0.15) is 18.3 Å². The summed E-state index contributed by atoms with van der Waals surface area (Å²) in [5.41, 5.74) is 1.51. The first-order chi connectivity index (χ1) is 20.5. The summed E-state index contributed by atoms with van der Waals surface area (Å²) in [7, 11) is 4.66. The molecule has 3 aromatic heterocycles. The van der Waals surface area contributed by atoms with E-state index in [-0.39, 0.29) is 52.7 Å². The second-order valence-electron chi connectivity index (χ2n) is 9.74. The van der Waals surface area contributed by atoms with E-state index in [1.165, 1.54) is 49.2 Å². The van der Waals surface area contributed by atoms with E-state index < -0.39 is 29.6 Å². The number of pyridine rings is 1. The van der Waals surface area contributed by atoms with Gasteiger partial charge in [0.15, 0.2) is 5.78 Å². The largest absolute Gasteiger partial charge is 0.495 e. The molecule has 5 aromatic rings. The Bertz CT molecular complexity index is 1860. The number of ether oxygens (including phenoxy) is 2. The Hall–Kier alpha value is -4.49. The summed E-state index contributed by atoms with van der Waals surface area (Å²) in [6, 6.07) is 10.1. The fraction of sp³-hybridized carbons (Fsp3) is 0.276. The quantitative estimate of drug-likeness (QED) is 0.202. The molecule has 1 unspecified atom stereocenters. The third kappa shape index (κ3) is 6.32. The van der Waals surface area contributed by atoms with Crippen molar-refractivity contribution in [2.45, 2.75) is 25.1 Å². The summed E-state index contributed by atoms with van der Waals surface area (Å²) in [5.74, 6) is -2.02. The average molecular weight is 616 g/mol. The van der Waals surface area contributed by atoms with Crippen LogP contribution in [0, 0.1) is 0 Å². The molecule has 0 spiro atoms. The van der Waals surface area contributed by atoms with Gasteiger partial charge in [-0.1, -0.05) is 17.7 Å². The molecule has 2 aromatic carbocycles. The molecular formula is C29H25ClF3N5O5. The highest BCUT2D eigenvalue weighted by Crippen LogP contribution is 2.39. The van der Waals surface area contributed by atoms with Crippen LogP contribution in [0.4, 0.5) is 13.2 Å². The van der Waals surface area contributed by atoms with Crippen molar-refractivity contribution >= 4 is 28.3 Å². The van der Waals surface area contributed by atoms with Crippen LogP contribution in [0.2, 0.25) is 5.02 Å². The molecule has 5 rings (SSSR count). The smallest absolute Gasteiger partial charge is 0.470 e. The van der Waals surface area contributed by atoms with Crippen molar-refractivity contribution < 1.29 is 31.9 Å². The zero-order valence-electron chi connectivity index (χ0n) is 23.2. The predicted octanol–water partition coefficient (Wildman–Crippen LogP) is 5.52. The first-order valence-electron chi connectivity index (χ1n) is 12.9. The molecule has 1 atom stereocenters. The number of ketones is 1. The van der Waals surface area contributed by atoms with E-state index in [9.17, 15) is 22.8 Å². The Balaban J connectivity index is 1.55. The van der Waals surface area contributed by atoms with E-state index in [0.29, 0.717) is 0 Å². The molecule has 0 aliphatic carbocycles. The van der Waals surface area contributed by atoms with E-state index in [4.69, 9.17) is 25.5 Å². The lowest BCUT2D eigenvalue weighted by atomic mass is 9.98. The van der Waals surface area contributed by atoms with Crippen LogP contribution in [0.25, 0.3) is 33.5 Å². The Morgan fingerprint density at radius 3 is 2.53 bits per heavy atom. The maximum absolute atomic E-state index is 13.6. The topological polar surface area (TPSA) is 114 Å². The lowest BCUT2D eigenvalue weighted by Crippen LogP contribution is -2.31. The molecule has 0 N–H and O–H groups in total. The molecule has 0 aliphatic rings. The van der Waals surface area contributed by atoms with Crippen molar-refractivity contribution in [2.75, 3.05) is 20.8 Å². The minimum atomic E-state index is -4.84. The van der Waals surface area contributed by atoms with Crippen LogP contribution in [0.15, 0.2) is 64.1 Å². The molecule has 0 bridgehead atoms. The van der Waals surface area contributed by atoms with Gasteiger partial charge in [-0.3, -0.25) is 14.3 Å². The molecule has 14 heteroatoms. The van der Waals surface area contributed by atoms with Gasteiger partial charge in [-0.15, -0.1) is 10.2 Å². The zero-order chi connectivity index (χ0) is 30.9. The highest BCUT2D eigenvalue weighted by Gasteiger charge is 2.38. The normalized spacial score (nSPS) is 12.5. The van der Waals surface area contributed by atoms with Crippen LogP contribution in [0.5, 0.6) is 5.75 Å². The second-order valence-corrected chi connectivity index (χ2v) is 10.2. The number of nitrogens with zero attached hydrogens (tertiary/aromatic N) is 5. The molecule has 3 heterocycles. The molecule has 224 valence electrons. The number of halogens is 4. The highest BCUT2D eigenvalue weighted by molar-refractivity contribution is 6.31. The summed E-state index contributed by atoms with van der Waals surface area (Å²) in [6.45, 7) is 0.200. The zero-order valence-corrected chi connectivity index (χ0v) is 23.9. The minimum absolute atomic E-state index is 0.0485. The Kier molecular flexibility index (Phi) is 8.38. The van der Waals surface area contributed by atoms with Gasteiger partial charge in [0.2, 0.25) is 5.89 Å². The van der Waals surface area contributed by atoms with E-state index in [1.54, 1.807) is 4.68 Å². The molecule has 0 aliphatic heterocycles. The van der Waals surface area contributed by atoms with Gasteiger partial charge in [0.05, 0.1) is 24.9 Å². The van der Waals surface area contributed by atoms with Crippen molar-refractivity contribution in [2.24, 2.45) is 7.05 Å². The highest BCUT2D eigenvalue weighted by atomic mass is 35.5. The summed E-state index contributed by atoms with van der Waals surface area (Å²) < 4.78 is 58.1. The first-order valence-corrected chi connectivity index (χ1v) is 13.3. The van der Waals surface area contributed by atoms with Crippen LogP contribution >= 0.6 is 11.6 Å². The Morgan fingerprint density at radius 1 is 1.05 bits per heavy atom. The van der Waals surface area contributed by atoms with E-state index in [2.05, 4.69) is 15.3 Å². The Morgan fingerprint density at radius 2 is 1.84 bits per heavy atom. The minimum Gasteiger partial charge on any atom is -0.495 e. The number of benzene rings is 2. The number of carbonyl (C=O) groups is 1. The van der Waals surface area contributed by atoms with Gasteiger partial charge in [-0.25, -0.2) is 0 Å². The van der Waals surface area contributed by atoms with Crippen molar-refractivity contribution in [1.29, 1.82) is 0 Å². The summed E-state index contributed by atoms with van der Waals surface area (Å²) >= 11 is 6.23. The number of Topliss-reactive ketones (excluding diaryl/α,β-unsaturated/α-hetero) is 1. The summed E-state index contributed by atoms with van der Waals surface area (Å²) in [6.07, 6.45) is -1.35. The van der Waals surface area contributed by atoms with E-state index >= 15 is 0 Å². The van der Waals surface area contributed by atoms with Crippen molar-refractivity contribution in [1.82, 2.24) is 24.5 Å². The van der Waals surface area contributed by atoms with Crippen LogP contribution in [0.1, 0.15) is 23.9 Å². The fourth-order valence-corrected chi connectivity index (χ4v) is 5.00. The van der Waals surface area contributed by atoms with Gasteiger partial charge >= 0.3 is 12.1 Å². The molecule has 0 saturated heterocycles.